The standard InChI is InChI=1S/C10H23N3O2/c1-3-12-6-4-8-15-9-5-7-13-10(14)11-2/h12H,3-9H2,1-2H3,(H2,11,13,14). The minimum atomic E-state index is -0.137. The number of carbonyl (C=O) groups is 1. The van der Waals surface area contributed by atoms with Gasteiger partial charge in [-0.2, -0.15) is 0 Å². The molecular weight excluding hydrogens is 194 g/mol. The van der Waals surface area contributed by atoms with E-state index >= 15 is 0 Å². The Bertz CT molecular complexity index is 154. The maximum Gasteiger partial charge on any atom is 0.314 e. The first kappa shape index (κ1) is 14.2. The SMILES string of the molecule is CCNCCCOCCCNC(=O)NC. The van der Waals surface area contributed by atoms with Gasteiger partial charge in [-0.1, -0.05) is 6.92 Å². The summed E-state index contributed by atoms with van der Waals surface area (Å²) in [5.74, 6) is 0. The second-order valence-electron chi connectivity index (χ2n) is 3.18. The van der Waals surface area contributed by atoms with Gasteiger partial charge in [0.2, 0.25) is 0 Å². The van der Waals surface area contributed by atoms with E-state index in [0.29, 0.717) is 13.2 Å². The molecule has 90 valence electrons. The van der Waals surface area contributed by atoms with Crippen LogP contribution in [0.15, 0.2) is 0 Å². The summed E-state index contributed by atoms with van der Waals surface area (Å²) >= 11 is 0. The molecule has 0 aromatic heterocycles. The first-order valence-electron chi connectivity index (χ1n) is 5.55. The fourth-order valence-corrected chi connectivity index (χ4v) is 1.04. The van der Waals surface area contributed by atoms with Crippen molar-refractivity contribution in [2.75, 3.05) is 39.9 Å². The van der Waals surface area contributed by atoms with E-state index in [-0.39, 0.29) is 6.03 Å². The van der Waals surface area contributed by atoms with Gasteiger partial charge in [0.1, 0.15) is 0 Å². The van der Waals surface area contributed by atoms with E-state index in [4.69, 9.17) is 4.74 Å². The minimum absolute atomic E-state index is 0.137. The van der Waals surface area contributed by atoms with Crippen LogP contribution in [0.3, 0.4) is 0 Å². The largest absolute Gasteiger partial charge is 0.381 e. The van der Waals surface area contributed by atoms with Gasteiger partial charge >= 0.3 is 6.03 Å². The van der Waals surface area contributed by atoms with E-state index < -0.39 is 0 Å². The van der Waals surface area contributed by atoms with Crippen LogP contribution in [0.25, 0.3) is 0 Å². The third-order valence-electron chi connectivity index (χ3n) is 1.87. The van der Waals surface area contributed by atoms with Crippen molar-refractivity contribution < 1.29 is 9.53 Å². The zero-order chi connectivity index (χ0) is 11.4. The molecule has 0 aliphatic heterocycles. The molecule has 0 unspecified atom stereocenters. The van der Waals surface area contributed by atoms with Gasteiger partial charge in [0.15, 0.2) is 0 Å². The molecule has 0 atom stereocenters. The zero-order valence-corrected chi connectivity index (χ0v) is 9.77. The molecule has 0 aromatic rings. The summed E-state index contributed by atoms with van der Waals surface area (Å²) in [6, 6.07) is -0.137. The van der Waals surface area contributed by atoms with Gasteiger partial charge < -0.3 is 20.7 Å². The summed E-state index contributed by atoms with van der Waals surface area (Å²) in [6.45, 7) is 6.25. The van der Waals surface area contributed by atoms with Crippen molar-refractivity contribution in [3.05, 3.63) is 0 Å². The maximum absolute atomic E-state index is 10.7. The number of urea groups is 1. The van der Waals surface area contributed by atoms with Gasteiger partial charge in [0, 0.05) is 26.8 Å². The van der Waals surface area contributed by atoms with Gasteiger partial charge in [0.05, 0.1) is 0 Å². The fraction of sp³-hybridized carbons (Fsp3) is 0.900. The summed E-state index contributed by atoms with van der Waals surface area (Å²) in [5.41, 5.74) is 0. The van der Waals surface area contributed by atoms with Crippen molar-refractivity contribution in [2.24, 2.45) is 0 Å². The molecule has 0 fully saturated rings. The number of rotatable bonds is 9. The number of carbonyl (C=O) groups excluding carboxylic acids is 1. The first-order valence-corrected chi connectivity index (χ1v) is 5.55. The van der Waals surface area contributed by atoms with E-state index in [1.165, 1.54) is 0 Å². The van der Waals surface area contributed by atoms with Crippen molar-refractivity contribution in [1.82, 2.24) is 16.0 Å². The van der Waals surface area contributed by atoms with Crippen LogP contribution in [0.4, 0.5) is 4.79 Å². The topological polar surface area (TPSA) is 62.4 Å². The number of hydrogen-bond donors (Lipinski definition) is 3. The van der Waals surface area contributed by atoms with Gasteiger partial charge in [-0.05, 0) is 25.9 Å². The quantitative estimate of drug-likeness (QED) is 0.487. The lowest BCUT2D eigenvalue weighted by molar-refractivity contribution is 0.129. The average molecular weight is 217 g/mol. The van der Waals surface area contributed by atoms with Crippen molar-refractivity contribution in [1.29, 1.82) is 0 Å². The van der Waals surface area contributed by atoms with Crippen LogP contribution in [0.1, 0.15) is 19.8 Å². The van der Waals surface area contributed by atoms with Crippen LogP contribution in [-0.4, -0.2) is 45.9 Å². The lowest BCUT2D eigenvalue weighted by Gasteiger charge is -2.05. The maximum atomic E-state index is 10.7. The molecule has 0 aromatic carbocycles. The number of ether oxygens (including phenoxy) is 1. The summed E-state index contributed by atoms with van der Waals surface area (Å²) in [4.78, 5) is 10.7. The van der Waals surface area contributed by atoms with Crippen molar-refractivity contribution in [3.63, 3.8) is 0 Å². The monoisotopic (exact) mass is 217 g/mol. The highest BCUT2D eigenvalue weighted by molar-refractivity contribution is 5.73. The Kier molecular flexibility index (Phi) is 10.7. The molecule has 2 amide bonds. The molecule has 0 spiro atoms. The molecule has 0 radical (unpaired) electrons. The highest BCUT2D eigenvalue weighted by Gasteiger charge is 1.94. The molecule has 0 saturated heterocycles. The van der Waals surface area contributed by atoms with Gasteiger partial charge in [-0.15, -0.1) is 0 Å². The smallest absolute Gasteiger partial charge is 0.314 e. The second kappa shape index (κ2) is 11.3. The summed E-state index contributed by atoms with van der Waals surface area (Å²) in [5, 5.41) is 8.42. The molecule has 5 nitrogen and oxygen atoms in total. The van der Waals surface area contributed by atoms with E-state index in [2.05, 4.69) is 22.9 Å². The summed E-state index contributed by atoms with van der Waals surface area (Å²) < 4.78 is 5.38. The third kappa shape index (κ3) is 11.1. The van der Waals surface area contributed by atoms with E-state index in [0.717, 1.165) is 32.5 Å². The van der Waals surface area contributed by atoms with Crippen molar-refractivity contribution in [3.8, 4) is 0 Å². The second-order valence-corrected chi connectivity index (χ2v) is 3.18. The Morgan fingerprint density at radius 3 is 2.47 bits per heavy atom. The highest BCUT2D eigenvalue weighted by atomic mass is 16.5. The van der Waals surface area contributed by atoms with Crippen molar-refractivity contribution >= 4 is 6.03 Å². The van der Waals surface area contributed by atoms with E-state index in [9.17, 15) is 4.79 Å². The third-order valence-corrected chi connectivity index (χ3v) is 1.87. The first-order chi connectivity index (χ1) is 7.31. The Balaban J connectivity index is 2.95. The average Bonchev–Trinajstić information content (AvgIpc) is 2.26. The van der Waals surface area contributed by atoms with Crippen molar-refractivity contribution in [2.45, 2.75) is 19.8 Å². The Morgan fingerprint density at radius 1 is 1.20 bits per heavy atom. The lowest BCUT2D eigenvalue weighted by Crippen LogP contribution is -2.33. The Morgan fingerprint density at radius 2 is 1.87 bits per heavy atom. The van der Waals surface area contributed by atoms with Crippen LogP contribution in [0.5, 0.6) is 0 Å². The van der Waals surface area contributed by atoms with Crippen LogP contribution < -0.4 is 16.0 Å². The molecule has 0 rings (SSSR count). The van der Waals surface area contributed by atoms with Gasteiger partial charge in [-0.3, -0.25) is 0 Å². The molecule has 0 saturated carbocycles. The molecule has 0 aliphatic rings. The Labute approximate surface area is 91.9 Å². The minimum Gasteiger partial charge on any atom is -0.381 e. The van der Waals surface area contributed by atoms with E-state index in [1.807, 2.05) is 0 Å². The van der Waals surface area contributed by atoms with Crippen LogP contribution in [-0.2, 0) is 4.74 Å². The van der Waals surface area contributed by atoms with E-state index in [1.54, 1.807) is 7.05 Å². The fourth-order valence-electron chi connectivity index (χ4n) is 1.04. The predicted octanol–water partition coefficient (Wildman–Crippen LogP) is 0.322. The molecule has 0 heterocycles. The summed E-state index contributed by atoms with van der Waals surface area (Å²) in [6.07, 6.45) is 1.89. The molecule has 3 N–H and O–H groups in total. The Hall–Kier alpha value is -0.810. The summed E-state index contributed by atoms with van der Waals surface area (Å²) in [7, 11) is 1.60. The number of nitrogens with one attached hydrogen (secondary N) is 3. The van der Waals surface area contributed by atoms with Crippen LogP contribution in [0, 0.1) is 0 Å². The van der Waals surface area contributed by atoms with Crippen LogP contribution >= 0.6 is 0 Å². The molecule has 5 heteroatoms. The predicted molar refractivity (Wildman–Crippen MR) is 61.1 cm³/mol. The molecule has 15 heavy (non-hydrogen) atoms. The lowest BCUT2D eigenvalue weighted by atomic mass is 10.4. The molecular formula is C10H23N3O2. The highest BCUT2D eigenvalue weighted by Crippen LogP contribution is 1.84. The van der Waals surface area contributed by atoms with Gasteiger partial charge in [0.25, 0.3) is 0 Å². The molecule has 0 bridgehead atoms. The normalized spacial score (nSPS) is 10.0. The molecule has 0 aliphatic carbocycles. The number of amides is 2. The van der Waals surface area contributed by atoms with Crippen LogP contribution in [0.2, 0.25) is 0 Å². The zero-order valence-electron chi connectivity index (χ0n) is 9.77. The number of hydrogen-bond acceptors (Lipinski definition) is 3. The van der Waals surface area contributed by atoms with Gasteiger partial charge in [-0.25, -0.2) is 4.79 Å².